The number of thioether (sulfide) groups is 1. The van der Waals surface area contributed by atoms with E-state index in [-0.39, 0.29) is 5.92 Å². The minimum atomic E-state index is -0.431. The molecular weight excluding hydrogens is 230 g/mol. The van der Waals surface area contributed by atoms with Crippen LogP contribution in [0.2, 0.25) is 0 Å². The Labute approximate surface area is 106 Å². The summed E-state index contributed by atoms with van der Waals surface area (Å²) in [7, 11) is 0. The van der Waals surface area contributed by atoms with Crippen LogP contribution in [0, 0.1) is 5.92 Å². The van der Waals surface area contributed by atoms with Gasteiger partial charge in [-0.2, -0.15) is 11.8 Å². The molecule has 0 spiro atoms. The number of aromatic nitrogens is 1. The van der Waals surface area contributed by atoms with E-state index >= 15 is 0 Å². The van der Waals surface area contributed by atoms with Crippen LogP contribution in [0.3, 0.4) is 0 Å². The predicted octanol–water partition coefficient (Wildman–Crippen LogP) is 3.27. The quantitative estimate of drug-likeness (QED) is 0.900. The van der Waals surface area contributed by atoms with Gasteiger partial charge in [0.05, 0.1) is 11.6 Å². The zero-order chi connectivity index (χ0) is 12.3. The smallest absolute Gasteiger partial charge is 0.0838 e. The minimum absolute atomic E-state index is 0.243. The summed E-state index contributed by atoms with van der Waals surface area (Å²) in [5.41, 5.74) is 1.88. The lowest BCUT2D eigenvalue weighted by atomic mass is 9.99. The monoisotopic (exact) mass is 247 g/mol. The number of rotatable bonds is 4. The minimum Gasteiger partial charge on any atom is -0.388 e. The Morgan fingerprint density at radius 1 is 1.35 bits per heavy atom. The largest absolute Gasteiger partial charge is 0.388 e. The van der Waals surface area contributed by atoms with Gasteiger partial charge < -0.3 is 5.11 Å². The van der Waals surface area contributed by atoms with Crippen LogP contribution >= 0.6 is 11.8 Å². The van der Waals surface area contributed by atoms with Crippen LogP contribution in [-0.4, -0.2) is 22.1 Å². The molecule has 0 aliphatic carbocycles. The van der Waals surface area contributed by atoms with Crippen LogP contribution in [0.25, 0.3) is 10.9 Å². The zero-order valence-electron chi connectivity index (χ0n) is 10.1. The molecule has 1 N–H and O–H groups in total. The van der Waals surface area contributed by atoms with E-state index in [1.54, 1.807) is 18.0 Å². The van der Waals surface area contributed by atoms with Crippen LogP contribution in [0.15, 0.2) is 36.5 Å². The SMILES string of the molecule is CSCC(C)C(O)c1cnc2ccccc2c1. The molecule has 90 valence electrons. The van der Waals surface area contributed by atoms with Crippen LogP contribution in [0.5, 0.6) is 0 Å². The maximum absolute atomic E-state index is 10.2. The van der Waals surface area contributed by atoms with E-state index in [1.807, 2.05) is 30.3 Å². The number of para-hydroxylation sites is 1. The van der Waals surface area contributed by atoms with Gasteiger partial charge in [0.1, 0.15) is 0 Å². The maximum Gasteiger partial charge on any atom is 0.0838 e. The highest BCUT2D eigenvalue weighted by molar-refractivity contribution is 7.98. The molecule has 1 aromatic heterocycles. The number of hydrogen-bond donors (Lipinski definition) is 1. The fourth-order valence-electron chi connectivity index (χ4n) is 1.93. The van der Waals surface area contributed by atoms with Crippen molar-refractivity contribution >= 4 is 22.7 Å². The second-order valence-electron chi connectivity index (χ2n) is 4.34. The molecule has 2 aromatic rings. The number of aliphatic hydroxyl groups is 1. The van der Waals surface area contributed by atoms with Gasteiger partial charge in [-0.15, -0.1) is 0 Å². The van der Waals surface area contributed by atoms with Crippen molar-refractivity contribution in [3.05, 3.63) is 42.1 Å². The topological polar surface area (TPSA) is 33.1 Å². The Hall–Kier alpha value is -1.06. The van der Waals surface area contributed by atoms with Crippen LogP contribution < -0.4 is 0 Å². The molecule has 0 aliphatic heterocycles. The molecule has 0 aliphatic rings. The second kappa shape index (κ2) is 5.52. The van der Waals surface area contributed by atoms with E-state index in [1.165, 1.54) is 0 Å². The average molecular weight is 247 g/mol. The first-order chi connectivity index (χ1) is 8.22. The average Bonchev–Trinajstić information content (AvgIpc) is 2.37. The van der Waals surface area contributed by atoms with E-state index in [0.29, 0.717) is 0 Å². The molecule has 3 heteroatoms. The maximum atomic E-state index is 10.2. The van der Waals surface area contributed by atoms with Gasteiger partial charge in [-0.3, -0.25) is 4.98 Å². The predicted molar refractivity (Wildman–Crippen MR) is 74.2 cm³/mol. The van der Waals surface area contributed by atoms with Gasteiger partial charge in [-0.25, -0.2) is 0 Å². The summed E-state index contributed by atoms with van der Waals surface area (Å²) in [6, 6.07) is 10.0. The van der Waals surface area contributed by atoms with Crippen LogP contribution in [0.1, 0.15) is 18.6 Å². The third-order valence-corrected chi connectivity index (χ3v) is 3.78. The summed E-state index contributed by atoms with van der Waals surface area (Å²) in [5, 5.41) is 11.3. The van der Waals surface area contributed by atoms with Crippen molar-refractivity contribution in [2.24, 2.45) is 5.92 Å². The van der Waals surface area contributed by atoms with Gasteiger partial charge in [0.25, 0.3) is 0 Å². The normalized spacial score (nSPS) is 14.8. The summed E-state index contributed by atoms with van der Waals surface area (Å²) in [4.78, 5) is 4.38. The fourth-order valence-corrected chi connectivity index (χ4v) is 2.64. The Morgan fingerprint density at radius 3 is 2.88 bits per heavy atom. The molecule has 0 bridgehead atoms. The van der Waals surface area contributed by atoms with Gasteiger partial charge in [0, 0.05) is 11.6 Å². The fraction of sp³-hybridized carbons (Fsp3) is 0.357. The molecule has 2 unspecified atom stereocenters. The summed E-state index contributed by atoms with van der Waals surface area (Å²) in [6.45, 7) is 2.07. The summed E-state index contributed by atoms with van der Waals surface area (Å²) < 4.78 is 0. The van der Waals surface area contributed by atoms with Crippen molar-refractivity contribution < 1.29 is 5.11 Å². The number of pyridine rings is 1. The van der Waals surface area contributed by atoms with Gasteiger partial charge in [0.2, 0.25) is 0 Å². The Morgan fingerprint density at radius 2 is 2.12 bits per heavy atom. The number of nitrogens with zero attached hydrogens (tertiary/aromatic N) is 1. The molecule has 2 rings (SSSR count). The van der Waals surface area contributed by atoms with Crippen molar-refractivity contribution in [3.63, 3.8) is 0 Å². The van der Waals surface area contributed by atoms with Crippen molar-refractivity contribution in [2.75, 3.05) is 12.0 Å². The lowest BCUT2D eigenvalue weighted by Gasteiger charge is -2.18. The first-order valence-electron chi connectivity index (χ1n) is 5.74. The molecule has 0 amide bonds. The standard InChI is InChI=1S/C14H17NOS/c1-10(9-17-2)14(16)12-7-11-5-3-4-6-13(11)15-8-12/h3-8,10,14,16H,9H2,1-2H3. The molecule has 1 heterocycles. The lowest BCUT2D eigenvalue weighted by molar-refractivity contribution is 0.129. The van der Waals surface area contributed by atoms with E-state index in [9.17, 15) is 5.11 Å². The summed E-state index contributed by atoms with van der Waals surface area (Å²) in [5.74, 6) is 1.20. The Kier molecular flexibility index (Phi) is 4.02. The van der Waals surface area contributed by atoms with Gasteiger partial charge in [-0.1, -0.05) is 25.1 Å². The molecule has 1 aromatic carbocycles. The second-order valence-corrected chi connectivity index (χ2v) is 5.25. The molecular formula is C14H17NOS. The van der Waals surface area contributed by atoms with Crippen molar-refractivity contribution in [1.82, 2.24) is 4.98 Å². The first-order valence-corrected chi connectivity index (χ1v) is 7.13. The van der Waals surface area contributed by atoms with Crippen molar-refractivity contribution in [3.8, 4) is 0 Å². The van der Waals surface area contributed by atoms with Crippen LogP contribution in [0.4, 0.5) is 0 Å². The van der Waals surface area contributed by atoms with E-state index in [0.717, 1.165) is 22.2 Å². The highest BCUT2D eigenvalue weighted by atomic mass is 32.2. The molecule has 0 fully saturated rings. The third-order valence-electron chi connectivity index (χ3n) is 2.92. The van der Waals surface area contributed by atoms with E-state index in [4.69, 9.17) is 0 Å². The molecule has 2 atom stereocenters. The Balaban J connectivity index is 2.29. The number of hydrogen-bond acceptors (Lipinski definition) is 3. The van der Waals surface area contributed by atoms with Crippen LogP contribution in [-0.2, 0) is 0 Å². The van der Waals surface area contributed by atoms with Gasteiger partial charge in [-0.05, 0) is 35.6 Å². The summed E-state index contributed by atoms with van der Waals surface area (Å²) >= 11 is 1.76. The van der Waals surface area contributed by atoms with Crippen molar-refractivity contribution in [1.29, 1.82) is 0 Å². The number of aliphatic hydroxyl groups excluding tert-OH is 1. The highest BCUT2D eigenvalue weighted by Gasteiger charge is 2.16. The van der Waals surface area contributed by atoms with Crippen molar-refractivity contribution in [2.45, 2.75) is 13.0 Å². The van der Waals surface area contributed by atoms with Gasteiger partial charge in [0.15, 0.2) is 0 Å². The molecule has 17 heavy (non-hydrogen) atoms. The zero-order valence-corrected chi connectivity index (χ0v) is 10.9. The Bertz CT molecular complexity index is 500. The number of fused-ring (bicyclic) bond motifs is 1. The highest BCUT2D eigenvalue weighted by Crippen LogP contribution is 2.25. The first kappa shape index (κ1) is 12.4. The van der Waals surface area contributed by atoms with E-state index in [2.05, 4.69) is 18.2 Å². The van der Waals surface area contributed by atoms with E-state index < -0.39 is 6.10 Å². The molecule has 0 saturated heterocycles. The lowest BCUT2D eigenvalue weighted by Crippen LogP contribution is -2.11. The number of benzene rings is 1. The summed E-state index contributed by atoms with van der Waals surface area (Å²) in [6.07, 6.45) is 3.41. The molecule has 2 nitrogen and oxygen atoms in total. The molecule has 0 saturated carbocycles. The third kappa shape index (κ3) is 2.79. The van der Waals surface area contributed by atoms with Gasteiger partial charge >= 0.3 is 0 Å². The molecule has 0 radical (unpaired) electrons.